The van der Waals surface area contributed by atoms with Crippen LogP contribution in [0.2, 0.25) is 0 Å². The zero-order valence-corrected chi connectivity index (χ0v) is 20.1. The first-order chi connectivity index (χ1) is 17.8. The SMILES string of the molecule is COc1cc(C=NNC(=O)Cn2ncn(-c3ccccc3)c2=O)ccc1OC(=O)CC1SC(=O)NC1=O. The average Bonchev–Trinajstić information content (AvgIpc) is 3.40. The van der Waals surface area contributed by atoms with Gasteiger partial charge in [0.05, 0.1) is 25.4 Å². The van der Waals surface area contributed by atoms with Crippen LogP contribution in [0.15, 0.2) is 64.8 Å². The highest BCUT2D eigenvalue weighted by atomic mass is 32.2. The predicted octanol–water partition coefficient (Wildman–Crippen LogP) is 0.840. The summed E-state index contributed by atoms with van der Waals surface area (Å²) in [7, 11) is 1.38. The summed E-state index contributed by atoms with van der Waals surface area (Å²) < 4.78 is 12.8. The minimum absolute atomic E-state index is 0.108. The molecule has 13 nitrogen and oxygen atoms in total. The van der Waals surface area contributed by atoms with E-state index in [9.17, 15) is 24.0 Å². The zero-order chi connectivity index (χ0) is 26.4. The number of para-hydroxylation sites is 1. The topological polar surface area (TPSA) is 163 Å². The summed E-state index contributed by atoms with van der Waals surface area (Å²) in [5.74, 6) is -1.50. The minimum Gasteiger partial charge on any atom is -0.493 e. The number of aromatic nitrogens is 3. The summed E-state index contributed by atoms with van der Waals surface area (Å²) in [6.45, 7) is -0.336. The highest BCUT2D eigenvalue weighted by molar-refractivity contribution is 8.15. The number of amides is 3. The number of hydrogen-bond acceptors (Lipinski definition) is 10. The molecule has 0 aliphatic carbocycles. The molecule has 1 aromatic heterocycles. The number of methoxy groups -OCH3 is 1. The van der Waals surface area contributed by atoms with E-state index in [0.29, 0.717) is 11.3 Å². The van der Waals surface area contributed by atoms with Gasteiger partial charge < -0.3 is 9.47 Å². The van der Waals surface area contributed by atoms with Crippen LogP contribution in [0.3, 0.4) is 0 Å². The summed E-state index contributed by atoms with van der Waals surface area (Å²) in [6.07, 6.45) is 2.38. The van der Waals surface area contributed by atoms with Gasteiger partial charge in [0, 0.05) is 0 Å². The van der Waals surface area contributed by atoms with E-state index < -0.39 is 34.0 Å². The van der Waals surface area contributed by atoms with Crippen LogP contribution in [0, 0.1) is 0 Å². The molecule has 2 aromatic carbocycles. The fourth-order valence-electron chi connectivity index (χ4n) is 3.25. The molecular weight excluding hydrogens is 504 g/mol. The van der Waals surface area contributed by atoms with E-state index >= 15 is 0 Å². The predicted molar refractivity (Wildman–Crippen MR) is 132 cm³/mol. The molecule has 2 N–H and O–H groups in total. The first-order valence-electron chi connectivity index (χ1n) is 10.8. The van der Waals surface area contributed by atoms with E-state index in [1.165, 1.54) is 36.4 Å². The number of hydrazone groups is 1. The van der Waals surface area contributed by atoms with Gasteiger partial charge in [0.2, 0.25) is 5.91 Å². The van der Waals surface area contributed by atoms with Gasteiger partial charge in [0.25, 0.3) is 11.1 Å². The Bertz CT molecular complexity index is 1430. The molecule has 1 saturated heterocycles. The third-order valence-electron chi connectivity index (χ3n) is 4.99. The van der Waals surface area contributed by atoms with Crippen LogP contribution in [-0.4, -0.2) is 55.9 Å². The molecule has 3 amide bonds. The summed E-state index contributed by atoms with van der Waals surface area (Å²) in [4.78, 5) is 59.7. The van der Waals surface area contributed by atoms with Crippen molar-refractivity contribution in [2.75, 3.05) is 7.11 Å². The number of rotatable bonds is 9. The zero-order valence-electron chi connectivity index (χ0n) is 19.3. The fraction of sp³-hybridized carbons (Fsp3) is 0.174. The number of nitrogens with one attached hydrogen (secondary N) is 2. The number of hydrogen-bond donors (Lipinski definition) is 2. The van der Waals surface area contributed by atoms with Crippen LogP contribution in [0.25, 0.3) is 5.69 Å². The molecule has 1 atom stereocenters. The lowest BCUT2D eigenvalue weighted by atomic mass is 10.2. The Morgan fingerprint density at radius 2 is 1.95 bits per heavy atom. The molecule has 0 saturated carbocycles. The van der Waals surface area contributed by atoms with E-state index in [4.69, 9.17) is 9.47 Å². The molecule has 37 heavy (non-hydrogen) atoms. The number of imide groups is 1. The van der Waals surface area contributed by atoms with Crippen molar-refractivity contribution in [3.63, 3.8) is 0 Å². The maximum atomic E-state index is 12.5. The van der Waals surface area contributed by atoms with Crippen molar-refractivity contribution >= 4 is 41.0 Å². The van der Waals surface area contributed by atoms with E-state index in [1.807, 2.05) is 6.07 Å². The normalized spacial score (nSPS) is 15.0. The number of carbonyl (C=O) groups is 4. The molecule has 1 aliphatic heterocycles. The van der Waals surface area contributed by atoms with Crippen molar-refractivity contribution in [2.45, 2.75) is 18.2 Å². The van der Waals surface area contributed by atoms with E-state index in [2.05, 4.69) is 20.9 Å². The second kappa shape index (κ2) is 11.3. The molecule has 0 bridgehead atoms. The van der Waals surface area contributed by atoms with Crippen molar-refractivity contribution in [1.82, 2.24) is 25.1 Å². The number of nitrogens with zero attached hydrogens (tertiary/aromatic N) is 4. The maximum Gasteiger partial charge on any atom is 0.350 e. The van der Waals surface area contributed by atoms with Gasteiger partial charge in [-0.2, -0.15) is 10.2 Å². The second-order valence-electron chi connectivity index (χ2n) is 7.54. The molecule has 2 heterocycles. The van der Waals surface area contributed by atoms with Crippen LogP contribution in [-0.2, 0) is 20.9 Å². The molecule has 1 aliphatic rings. The summed E-state index contributed by atoms with van der Waals surface area (Å²) in [5.41, 5.74) is 2.98. The highest BCUT2D eigenvalue weighted by Gasteiger charge is 2.34. The third-order valence-corrected chi connectivity index (χ3v) is 5.98. The standard InChI is InChI=1S/C23H20N6O7S/c1-35-17-9-14(7-8-16(17)36-20(31)10-18-21(32)26-22(33)37-18)11-24-27-19(30)12-29-23(34)28(13-25-29)15-5-3-2-4-6-15/h2-9,11,13,18H,10,12H2,1H3,(H,27,30)(H,26,32,33). The van der Waals surface area contributed by atoms with Crippen LogP contribution in [0.4, 0.5) is 4.79 Å². The van der Waals surface area contributed by atoms with E-state index in [-0.39, 0.29) is 24.5 Å². The lowest BCUT2D eigenvalue weighted by Gasteiger charge is -2.10. The molecule has 3 aromatic rings. The van der Waals surface area contributed by atoms with Gasteiger partial charge in [-0.15, -0.1) is 0 Å². The fourth-order valence-corrected chi connectivity index (χ4v) is 4.06. The van der Waals surface area contributed by atoms with Gasteiger partial charge in [-0.05, 0) is 35.9 Å². The number of thioether (sulfide) groups is 1. The number of esters is 1. The monoisotopic (exact) mass is 524 g/mol. The number of carbonyl (C=O) groups excluding carboxylic acids is 4. The first kappa shape index (κ1) is 25.4. The van der Waals surface area contributed by atoms with Crippen molar-refractivity contribution in [2.24, 2.45) is 5.10 Å². The maximum absolute atomic E-state index is 12.5. The Balaban J connectivity index is 1.33. The lowest BCUT2D eigenvalue weighted by molar-refractivity contribution is -0.136. The van der Waals surface area contributed by atoms with Crippen LogP contribution in [0.1, 0.15) is 12.0 Å². The van der Waals surface area contributed by atoms with Crippen molar-refractivity contribution in [3.8, 4) is 17.2 Å². The lowest BCUT2D eigenvalue weighted by Crippen LogP contribution is -2.31. The largest absolute Gasteiger partial charge is 0.493 e. The quantitative estimate of drug-likeness (QED) is 0.179. The van der Waals surface area contributed by atoms with Gasteiger partial charge in [-0.1, -0.05) is 30.0 Å². The number of ether oxygens (including phenoxy) is 2. The Kier molecular flexibility index (Phi) is 7.78. The second-order valence-corrected chi connectivity index (χ2v) is 8.72. The summed E-state index contributed by atoms with van der Waals surface area (Å²) in [5, 5.41) is 8.57. The smallest absolute Gasteiger partial charge is 0.350 e. The highest BCUT2D eigenvalue weighted by Crippen LogP contribution is 2.29. The molecule has 0 spiro atoms. The Labute approximate surface area is 213 Å². The molecule has 1 unspecified atom stereocenters. The Morgan fingerprint density at radius 3 is 2.65 bits per heavy atom. The van der Waals surface area contributed by atoms with Gasteiger partial charge in [-0.3, -0.25) is 24.5 Å². The summed E-state index contributed by atoms with van der Waals surface area (Å²) >= 11 is 0.730. The van der Waals surface area contributed by atoms with Crippen molar-refractivity contribution in [3.05, 3.63) is 70.9 Å². The minimum atomic E-state index is -0.844. The Hall–Kier alpha value is -4.72. The van der Waals surface area contributed by atoms with Gasteiger partial charge >= 0.3 is 11.7 Å². The van der Waals surface area contributed by atoms with Crippen LogP contribution >= 0.6 is 11.8 Å². The van der Waals surface area contributed by atoms with Crippen molar-refractivity contribution < 1.29 is 28.7 Å². The van der Waals surface area contributed by atoms with E-state index in [1.54, 1.807) is 30.3 Å². The van der Waals surface area contributed by atoms with Gasteiger partial charge in [0.1, 0.15) is 18.1 Å². The number of benzene rings is 2. The van der Waals surface area contributed by atoms with Gasteiger partial charge in [0.15, 0.2) is 11.5 Å². The molecule has 4 rings (SSSR count). The molecule has 14 heteroatoms. The summed E-state index contributed by atoms with van der Waals surface area (Å²) in [6, 6.07) is 13.4. The Morgan fingerprint density at radius 1 is 1.16 bits per heavy atom. The average molecular weight is 525 g/mol. The first-order valence-corrected chi connectivity index (χ1v) is 11.6. The van der Waals surface area contributed by atoms with Crippen molar-refractivity contribution in [1.29, 1.82) is 0 Å². The third kappa shape index (κ3) is 6.29. The van der Waals surface area contributed by atoms with Crippen LogP contribution in [0.5, 0.6) is 11.5 Å². The van der Waals surface area contributed by atoms with Crippen LogP contribution < -0.4 is 25.9 Å². The van der Waals surface area contributed by atoms with Gasteiger partial charge in [-0.25, -0.2) is 19.5 Å². The van der Waals surface area contributed by atoms with E-state index in [0.717, 1.165) is 16.4 Å². The molecule has 1 fully saturated rings. The molecule has 190 valence electrons. The molecule has 0 radical (unpaired) electrons. The molecular formula is C23H20N6O7S.